The standard InChI is InChI=1S/C22H42N4O3.HI/c1-3-23-21(25-13-7-20(8-14-25)29-16-6-15-27-2)24-19-22(9-17-28-18-10-22)26-11-4-5-12-26;/h20H,3-19H2,1-2H3,(H,23,24);1H. The van der Waals surface area contributed by atoms with Gasteiger partial charge in [-0.2, -0.15) is 0 Å². The Balaban J connectivity index is 0.00000320. The average molecular weight is 539 g/mol. The van der Waals surface area contributed by atoms with Crippen molar-refractivity contribution in [3.63, 3.8) is 0 Å². The minimum absolute atomic E-state index is 0. The van der Waals surface area contributed by atoms with Crippen molar-refractivity contribution in [1.82, 2.24) is 15.1 Å². The van der Waals surface area contributed by atoms with Crippen LogP contribution in [0.2, 0.25) is 0 Å². The van der Waals surface area contributed by atoms with E-state index in [4.69, 9.17) is 19.2 Å². The lowest BCUT2D eigenvalue weighted by Gasteiger charge is -2.44. The lowest BCUT2D eigenvalue weighted by Crippen LogP contribution is -2.54. The Kier molecular flexibility index (Phi) is 12.2. The molecule has 8 heteroatoms. The summed E-state index contributed by atoms with van der Waals surface area (Å²) in [6.45, 7) is 11.7. The van der Waals surface area contributed by atoms with Gasteiger partial charge in [-0.05, 0) is 65.0 Å². The van der Waals surface area contributed by atoms with Crippen LogP contribution < -0.4 is 5.32 Å². The van der Waals surface area contributed by atoms with Gasteiger partial charge in [0.05, 0.1) is 12.6 Å². The molecule has 0 amide bonds. The number of aliphatic imine (C=N–C) groups is 1. The maximum Gasteiger partial charge on any atom is 0.193 e. The van der Waals surface area contributed by atoms with Gasteiger partial charge in [-0.15, -0.1) is 24.0 Å². The number of ether oxygens (including phenoxy) is 3. The number of hydrogen-bond donors (Lipinski definition) is 1. The smallest absolute Gasteiger partial charge is 0.193 e. The van der Waals surface area contributed by atoms with Crippen molar-refractivity contribution in [3.05, 3.63) is 0 Å². The number of nitrogens with zero attached hydrogens (tertiary/aromatic N) is 3. The van der Waals surface area contributed by atoms with Crippen molar-refractivity contribution in [2.75, 3.05) is 72.8 Å². The monoisotopic (exact) mass is 538 g/mol. The molecule has 1 N–H and O–H groups in total. The van der Waals surface area contributed by atoms with Crippen molar-refractivity contribution in [2.45, 2.75) is 63.5 Å². The van der Waals surface area contributed by atoms with Gasteiger partial charge < -0.3 is 24.4 Å². The maximum absolute atomic E-state index is 6.02. The predicted octanol–water partition coefficient (Wildman–Crippen LogP) is 2.73. The van der Waals surface area contributed by atoms with E-state index in [-0.39, 0.29) is 29.5 Å². The van der Waals surface area contributed by atoms with Crippen LogP contribution in [0.25, 0.3) is 0 Å². The van der Waals surface area contributed by atoms with E-state index in [9.17, 15) is 0 Å². The van der Waals surface area contributed by atoms with Crippen LogP contribution in [0.15, 0.2) is 4.99 Å². The Bertz CT molecular complexity index is 489. The highest BCUT2D eigenvalue weighted by Crippen LogP contribution is 2.31. The first kappa shape index (κ1) is 26.1. The molecular formula is C22H43IN4O3. The van der Waals surface area contributed by atoms with E-state index in [0.29, 0.717) is 6.10 Å². The number of likely N-dealkylation sites (tertiary alicyclic amines) is 2. The SMILES string of the molecule is CCNC(=NCC1(N2CCCC2)CCOCC1)N1CCC(OCCCOC)CC1.I. The summed E-state index contributed by atoms with van der Waals surface area (Å²) in [6, 6.07) is 0. The summed E-state index contributed by atoms with van der Waals surface area (Å²) in [5.74, 6) is 1.08. The van der Waals surface area contributed by atoms with Crippen LogP contribution in [0.4, 0.5) is 0 Å². The van der Waals surface area contributed by atoms with Crippen molar-refractivity contribution in [3.8, 4) is 0 Å². The summed E-state index contributed by atoms with van der Waals surface area (Å²) in [4.78, 5) is 10.3. The van der Waals surface area contributed by atoms with Crippen molar-refractivity contribution >= 4 is 29.9 Å². The average Bonchev–Trinajstić information content (AvgIpc) is 3.31. The molecule has 0 spiro atoms. The van der Waals surface area contributed by atoms with Gasteiger partial charge in [0.25, 0.3) is 0 Å². The number of methoxy groups -OCH3 is 1. The Morgan fingerprint density at radius 1 is 1.10 bits per heavy atom. The van der Waals surface area contributed by atoms with E-state index >= 15 is 0 Å². The molecule has 3 aliphatic heterocycles. The number of hydrogen-bond acceptors (Lipinski definition) is 5. The zero-order valence-electron chi connectivity index (χ0n) is 19.1. The molecule has 30 heavy (non-hydrogen) atoms. The van der Waals surface area contributed by atoms with Gasteiger partial charge in [0, 0.05) is 58.7 Å². The van der Waals surface area contributed by atoms with E-state index < -0.39 is 0 Å². The van der Waals surface area contributed by atoms with Gasteiger partial charge in [0.1, 0.15) is 0 Å². The molecule has 3 rings (SSSR count). The lowest BCUT2D eigenvalue weighted by molar-refractivity contribution is -0.0142. The molecule has 3 heterocycles. The minimum atomic E-state index is 0. The van der Waals surface area contributed by atoms with E-state index in [1.165, 1.54) is 25.9 Å². The summed E-state index contributed by atoms with van der Waals surface area (Å²) in [5.41, 5.74) is 0.193. The number of rotatable bonds is 9. The number of halogens is 1. The molecule has 3 saturated heterocycles. The summed E-state index contributed by atoms with van der Waals surface area (Å²) < 4.78 is 16.8. The Morgan fingerprint density at radius 2 is 1.80 bits per heavy atom. The van der Waals surface area contributed by atoms with Gasteiger partial charge in [-0.1, -0.05) is 0 Å². The summed E-state index contributed by atoms with van der Waals surface area (Å²) in [5, 5.41) is 3.54. The highest BCUT2D eigenvalue weighted by Gasteiger charge is 2.39. The highest BCUT2D eigenvalue weighted by molar-refractivity contribution is 14.0. The normalized spacial score (nSPS) is 23.4. The molecule has 0 aromatic rings. The summed E-state index contributed by atoms with van der Waals surface area (Å²) in [7, 11) is 1.74. The molecule has 0 aromatic carbocycles. The van der Waals surface area contributed by atoms with E-state index in [0.717, 1.165) is 90.7 Å². The van der Waals surface area contributed by atoms with E-state index in [1.54, 1.807) is 7.11 Å². The summed E-state index contributed by atoms with van der Waals surface area (Å²) >= 11 is 0. The van der Waals surface area contributed by atoms with E-state index in [2.05, 4.69) is 22.0 Å². The molecule has 0 bridgehead atoms. The lowest BCUT2D eigenvalue weighted by atomic mass is 9.88. The van der Waals surface area contributed by atoms with Crippen LogP contribution in [0.3, 0.4) is 0 Å². The van der Waals surface area contributed by atoms with Crippen LogP contribution in [0.5, 0.6) is 0 Å². The van der Waals surface area contributed by atoms with Crippen molar-refractivity contribution in [2.24, 2.45) is 4.99 Å². The molecule has 0 unspecified atom stereocenters. The summed E-state index contributed by atoms with van der Waals surface area (Å²) in [6.07, 6.45) is 8.35. The zero-order valence-corrected chi connectivity index (χ0v) is 21.4. The highest BCUT2D eigenvalue weighted by atomic mass is 127. The third-order valence-corrected chi connectivity index (χ3v) is 6.65. The largest absolute Gasteiger partial charge is 0.385 e. The molecule has 176 valence electrons. The second-order valence-electron chi connectivity index (χ2n) is 8.60. The number of piperidine rings is 1. The first-order valence-corrected chi connectivity index (χ1v) is 11.7. The van der Waals surface area contributed by atoms with Crippen LogP contribution in [-0.4, -0.2) is 100 Å². The minimum Gasteiger partial charge on any atom is -0.385 e. The number of guanidine groups is 1. The van der Waals surface area contributed by atoms with Gasteiger partial charge in [-0.3, -0.25) is 9.89 Å². The van der Waals surface area contributed by atoms with Gasteiger partial charge in [0.2, 0.25) is 0 Å². The van der Waals surface area contributed by atoms with Crippen LogP contribution in [-0.2, 0) is 14.2 Å². The first-order valence-electron chi connectivity index (χ1n) is 11.7. The van der Waals surface area contributed by atoms with Crippen molar-refractivity contribution in [1.29, 1.82) is 0 Å². The number of nitrogens with one attached hydrogen (secondary N) is 1. The molecule has 0 radical (unpaired) electrons. The second-order valence-corrected chi connectivity index (χ2v) is 8.60. The molecule has 3 aliphatic rings. The topological polar surface area (TPSA) is 58.6 Å². The van der Waals surface area contributed by atoms with Gasteiger partial charge >= 0.3 is 0 Å². The van der Waals surface area contributed by atoms with Gasteiger partial charge in [0.15, 0.2) is 5.96 Å². The predicted molar refractivity (Wildman–Crippen MR) is 132 cm³/mol. The first-order chi connectivity index (χ1) is 14.3. The van der Waals surface area contributed by atoms with Crippen molar-refractivity contribution < 1.29 is 14.2 Å². The fourth-order valence-electron chi connectivity index (χ4n) is 4.85. The molecular weight excluding hydrogens is 495 g/mol. The van der Waals surface area contributed by atoms with Crippen LogP contribution in [0.1, 0.15) is 51.9 Å². The fraction of sp³-hybridized carbons (Fsp3) is 0.955. The van der Waals surface area contributed by atoms with Crippen LogP contribution >= 0.6 is 24.0 Å². The quantitative estimate of drug-likeness (QED) is 0.211. The molecule has 7 nitrogen and oxygen atoms in total. The molecule has 0 atom stereocenters. The zero-order chi connectivity index (χ0) is 20.4. The maximum atomic E-state index is 6.02. The van der Waals surface area contributed by atoms with E-state index in [1.807, 2.05) is 0 Å². The van der Waals surface area contributed by atoms with Crippen LogP contribution in [0, 0.1) is 0 Å². The third kappa shape index (κ3) is 7.46. The third-order valence-electron chi connectivity index (χ3n) is 6.65. The Hall–Kier alpha value is -0.160. The Labute approximate surface area is 200 Å². The van der Waals surface area contributed by atoms with Gasteiger partial charge in [-0.25, -0.2) is 0 Å². The molecule has 0 aromatic heterocycles. The molecule has 3 fully saturated rings. The Morgan fingerprint density at radius 3 is 2.43 bits per heavy atom. The molecule has 0 saturated carbocycles. The fourth-order valence-corrected chi connectivity index (χ4v) is 4.85. The molecule has 0 aliphatic carbocycles. The second kappa shape index (κ2) is 14.1.